The van der Waals surface area contributed by atoms with Crippen LogP contribution in [-0.4, -0.2) is 36.5 Å². The van der Waals surface area contributed by atoms with Gasteiger partial charge >= 0.3 is 6.03 Å². The molecule has 0 radical (unpaired) electrons. The lowest BCUT2D eigenvalue weighted by Gasteiger charge is -2.21. The fourth-order valence-corrected chi connectivity index (χ4v) is 1.95. The predicted octanol–water partition coefficient (Wildman–Crippen LogP) is 1.91. The maximum Gasteiger partial charge on any atom is 0.321 e. The third-order valence-electron chi connectivity index (χ3n) is 2.82. The van der Waals surface area contributed by atoms with Gasteiger partial charge in [-0.1, -0.05) is 43.3 Å². The highest BCUT2D eigenvalue weighted by Crippen LogP contribution is 2.04. The van der Waals surface area contributed by atoms with Gasteiger partial charge in [0.15, 0.2) is 0 Å². The van der Waals surface area contributed by atoms with Crippen LogP contribution in [0.25, 0.3) is 0 Å². The van der Waals surface area contributed by atoms with Gasteiger partial charge in [0.25, 0.3) is 0 Å². The van der Waals surface area contributed by atoms with Crippen molar-refractivity contribution in [2.75, 3.05) is 19.6 Å². The van der Waals surface area contributed by atoms with Crippen LogP contribution in [0.5, 0.6) is 0 Å². The van der Waals surface area contributed by atoms with Crippen LogP contribution < -0.4 is 10.6 Å². The third kappa shape index (κ3) is 7.27. The van der Waals surface area contributed by atoms with Crippen LogP contribution in [-0.2, 0) is 11.3 Å². The molecule has 0 aromatic heterocycles. The Morgan fingerprint density at radius 3 is 2.62 bits per heavy atom. The van der Waals surface area contributed by atoms with Crippen LogP contribution in [0.4, 0.5) is 4.79 Å². The number of rotatable bonds is 8. The van der Waals surface area contributed by atoms with Crippen molar-refractivity contribution in [3.05, 3.63) is 48.6 Å². The highest BCUT2D eigenvalue weighted by Gasteiger charge is 2.12. The first-order valence-electron chi connectivity index (χ1n) is 7.10. The minimum Gasteiger partial charge on any atom is -0.334 e. The lowest BCUT2D eigenvalue weighted by molar-refractivity contribution is -0.121. The molecule has 0 aliphatic carbocycles. The van der Waals surface area contributed by atoms with Crippen molar-refractivity contribution in [1.82, 2.24) is 15.5 Å². The predicted molar refractivity (Wildman–Crippen MR) is 83.7 cm³/mol. The van der Waals surface area contributed by atoms with Gasteiger partial charge < -0.3 is 5.32 Å². The molecule has 1 aromatic carbocycles. The number of imide groups is 1. The Bertz CT molecular complexity index is 460. The van der Waals surface area contributed by atoms with Crippen LogP contribution in [0, 0.1) is 0 Å². The standard InChI is InChI=1S/C16H23N3O2/c1-3-10-17-16(21)18-15(20)13-19(11-4-2)12-14-8-6-5-7-9-14/h3,5-9H,1,4,10-13H2,2H3,(H2,17,18,20,21). The lowest BCUT2D eigenvalue weighted by atomic mass is 10.2. The Morgan fingerprint density at radius 1 is 1.29 bits per heavy atom. The minimum absolute atomic E-state index is 0.199. The lowest BCUT2D eigenvalue weighted by Crippen LogP contribution is -2.44. The van der Waals surface area contributed by atoms with E-state index in [1.807, 2.05) is 35.2 Å². The minimum atomic E-state index is -0.490. The Morgan fingerprint density at radius 2 is 2.00 bits per heavy atom. The molecular formula is C16H23N3O2. The zero-order valence-electron chi connectivity index (χ0n) is 12.5. The van der Waals surface area contributed by atoms with Crippen LogP contribution in [0.3, 0.4) is 0 Å². The van der Waals surface area contributed by atoms with Gasteiger partial charge in [0.05, 0.1) is 6.54 Å². The summed E-state index contributed by atoms with van der Waals surface area (Å²) in [5, 5.41) is 4.82. The van der Waals surface area contributed by atoms with Gasteiger partial charge in [0.2, 0.25) is 5.91 Å². The molecule has 0 saturated heterocycles. The molecule has 1 aromatic rings. The molecule has 0 aliphatic rings. The SMILES string of the molecule is C=CCNC(=O)NC(=O)CN(CCC)Cc1ccccc1. The number of carbonyl (C=O) groups excluding carboxylic acids is 2. The number of amides is 3. The number of carbonyl (C=O) groups is 2. The Labute approximate surface area is 126 Å². The van der Waals surface area contributed by atoms with Crippen LogP contribution in [0.2, 0.25) is 0 Å². The highest BCUT2D eigenvalue weighted by atomic mass is 16.2. The average molecular weight is 289 g/mol. The topological polar surface area (TPSA) is 61.4 Å². The second-order valence-corrected chi connectivity index (χ2v) is 4.74. The molecule has 21 heavy (non-hydrogen) atoms. The smallest absolute Gasteiger partial charge is 0.321 e. The number of benzene rings is 1. The molecule has 0 aliphatic heterocycles. The first-order chi connectivity index (χ1) is 10.2. The van der Waals surface area contributed by atoms with E-state index in [0.29, 0.717) is 13.1 Å². The van der Waals surface area contributed by atoms with E-state index >= 15 is 0 Å². The van der Waals surface area contributed by atoms with Crippen molar-refractivity contribution in [3.63, 3.8) is 0 Å². The fourth-order valence-electron chi connectivity index (χ4n) is 1.95. The number of nitrogens with one attached hydrogen (secondary N) is 2. The van der Waals surface area contributed by atoms with Crippen molar-refractivity contribution in [1.29, 1.82) is 0 Å². The molecule has 0 bridgehead atoms. The van der Waals surface area contributed by atoms with Crippen LogP contribution >= 0.6 is 0 Å². The van der Waals surface area contributed by atoms with Gasteiger partial charge in [-0.3, -0.25) is 15.0 Å². The summed E-state index contributed by atoms with van der Waals surface area (Å²) in [6.45, 7) is 7.58. The number of hydrogen-bond donors (Lipinski definition) is 2. The molecule has 0 unspecified atom stereocenters. The summed E-state index contributed by atoms with van der Waals surface area (Å²) in [6, 6.07) is 9.47. The van der Waals surface area contributed by atoms with Crippen molar-refractivity contribution < 1.29 is 9.59 Å². The van der Waals surface area contributed by atoms with E-state index < -0.39 is 6.03 Å². The first kappa shape index (κ1) is 16.9. The summed E-state index contributed by atoms with van der Waals surface area (Å²) < 4.78 is 0. The van der Waals surface area contributed by atoms with Gasteiger partial charge in [0.1, 0.15) is 0 Å². The van der Waals surface area contributed by atoms with E-state index in [2.05, 4.69) is 24.1 Å². The maximum absolute atomic E-state index is 11.9. The van der Waals surface area contributed by atoms with Crippen LogP contribution in [0.1, 0.15) is 18.9 Å². The molecule has 5 heteroatoms. The fraction of sp³-hybridized carbons (Fsp3) is 0.375. The van der Waals surface area contributed by atoms with Gasteiger partial charge in [-0.2, -0.15) is 0 Å². The third-order valence-corrected chi connectivity index (χ3v) is 2.82. The molecular weight excluding hydrogens is 266 g/mol. The zero-order valence-corrected chi connectivity index (χ0v) is 12.5. The Balaban J connectivity index is 2.47. The number of urea groups is 1. The molecule has 5 nitrogen and oxygen atoms in total. The van der Waals surface area contributed by atoms with Crippen molar-refractivity contribution >= 4 is 11.9 Å². The normalized spacial score (nSPS) is 10.2. The largest absolute Gasteiger partial charge is 0.334 e. The van der Waals surface area contributed by atoms with Crippen LogP contribution in [0.15, 0.2) is 43.0 Å². The van der Waals surface area contributed by atoms with Crippen molar-refractivity contribution in [2.24, 2.45) is 0 Å². The summed E-state index contributed by atoms with van der Waals surface area (Å²) in [5.74, 6) is -0.305. The second kappa shape index (κ2) is 9.72. The Kier molecular flexibility index (Phi) is 7.82. The zero-order chi connectivity index (χ0) is 15.5. The second-order valence-electron chi connectivity index (χ2n) is 4.74. The van der Waals surface area contributed by atoms with E-state index in [-0.39, 0.29) is 12.5 Å². The molecule has 0 fully saturated rings. The van der Waals surface area contributed by atoms with Gasteiger partial charge in [0, 0.05) is 13.1 Å². The van der Waals surface area contributed by atoms with Gasteiger partial charge in [-0.15, -0.1) is 6.58 Å². The average Bonchev–Trinajstić information content (AvgIpc) is 2.46. The molecule has 0 saturated carbocycles. The summed E-state index contributed by atoms with van der Waals surface area (Å²) in [5.41, 5.74) is 1.15. The molecule has 1 rings (SSSR count). The number of nitrogens with zero attached hydrogens (tertiary/aromatic N) is 1. The maximum atomic E-state index is 11.9. The molecule has 2 N–H and O–H groups in total. The summed E-state index contributed by atoms with van der Waals surface area (Å²) in [4.78, 5) is 25.3. The quantitative estimate of drug-likeness (QED) is 0.719. The van der Waals surface area contributed by atoms with E-state index in [4.69, 9.17) is 0 Å². The molecule has 0 spiro atoms. The van der Waals surface area contributed by atoms with E-state index in [1.54, 1.807) is 6.08 Å². The van der Waals surface area contributed by atoms with Crippen molar-refractivity contribution in [2.45, 2.75) is 19.9 Å². The molecule has 0 atom stereocenters. The van der Waals surface area contributed by atoms with Gasteiger partial charge in [-0.05, 0) is 18.5 Å². The summed E-state index contributed by atoms with van der Waals surface area (Å²) in [7, 11) is 0. The summed E-state index contributed by atoms with van der Waals surface area (Å²) in [6.07, 6.45) is 2.51. The van der Waals surface area contributed by atoms with E-state index in [1.165, 1.54) is 0 Å². The monoisotopic (exact) mass is 289 g/mol. The Hall–Kier alpha value is -2.14. The highest BCUT2D eigenvalue weighted by molar-refractivity contribution is 5.95. The molecule has 114 valence electrons. The van der Waals surface area contributed by atoms with E-state index in [9.17, 15) is 9.59 Å². The molecule has 0 heterocycles. The summed E-state index contributed by atoms with van der Waals surface area (Å²) >= 11 is 0. The van der Waals surface area contributed by atoms with Gasteiger partial charge in [-0.25, -0.2) is 4.79 Å². The first-order valence-corrected chi connectivity index (χ1v) is 7.10. The molecule has 3 amide bonds. The van der Waals surface area contributed by atoms with E-state index in [0.717, 1.165) is 18.5 Å². The number of hydrogen-bond acceptors (Lipinski definition) is 3. The van der Waals surface area contributed by atoms with Crippen molar-refractivity contribution in [3.8, 4) is 0 Å².